The van der Waals surface area contributed by atoms with Gasteiger partial charge in [0.05, 0.1) is 38.6 Å². The van der Waals surface area contributed by atoms with Crippen LogP contribution in [0.15, 0.2) is 48.5 Å². The number of nitrogens with one attached hydrogen (secondary N) is 1. The Hall–Kier alpha value is -3.98. The molecule has 0 unspecified atom stereocenters. The van der Waals surface area contributed by atoms with Crippen LogP contribution in [0.4, 0.5) is 4.79 Å². The van der Waals surface area contributed by atoms with Gasteiger partial charge in [-0.3, -0.25) is 0 Å². The molecule has 0 aliphatic carbocycles. The number of methoxy groups -OCH3 is 2. The Morgan fingerprint density at radius 2 is 1.58 bits per heavy atom. The number of aliphatic hydroxyl groups excluding tert-OH is 1. The Balaban J connectivity index is 0.000000205. The Kier molecular flexibility index (Phi) is 8.26. The van der Waals surface area contributed by atoms with Crippen molar-refractivity contribution in [1.82, 2.24) is 9.55 Å². The predicted molar refractivity (Wildman–Crippen MR) is 137 cm³/mol. The summed E-state index contributed by atoms with van der Waals surface area (Å²) in [5.74, 6) is 1.06. The van der Waals surface area contributed by atoms with Gasteiger partial charge in [-0.25, -0.2) is 14.2 Å². The molecule has 0 bridgehead atoms. The van der Waals surface area contributed by atoms with Crippen molar-refractivity contribution >= 4 is 33.9 Å². The molecule has 0 radical (unpaired) electrons. The highest BCUT2D eigenvalue weighted by molar-refractivity contribution is 5.95. The number of aliphatic hydroxyl groups is 1. The van der Waals surface area contributed by atoms with Gasteiger partial charge >= 0.3 is 12.1 Å². The molecule has 9 nitrogen and oxygen atoms in total. The van der Waals surface area contributed by atoms with E-state index in [1.54, 1.807) is 60.1 Å². The van der Waals surface area contributed by atoms with E-state index in [0.717, 1.165) is 22.0 Å². The van der Waals surface area contributed by atoms with Crippen molar-refractivity contribution < 1.29 is 33.6 Å². The lowest BCUT2D eigenvalue weighted by atomic mass is 10.2. The Bertz CT molecular complexity index is 1360. The average Bonchev–Trinajstić information content (AvgIpc) is 3.43. The van der Waals surface area contributed by atoms with Gasteiger partial charge in [0.15, 0.2) is 0 Å². The number of aromatic nitrogens is 2. The maximum atomic E-state index is 12.3. The normalized spacial score (nSPS) is 11.1. The minimum Gasteiger partial charge on any atom is -0.497 e. The number of carbonyl (C=O) groups is 2. The molecule has 4 aromatic rings. The summed E-state index contributed by atoms with van der Waals surface area (Å²) in [6.45, 7) is 7.32. The van der Waals surface area contributed by atoms with Crippen molar-refractivity contribution in [1.29, 1.82) is 0 Å². The van der Waals surface area contributed by atoms with Gasteiger partial charge in [0.2, 0.25) is 0 Å². The zero-order valence-corrected chi connectivity index (χ0v) is 21.4. The zero-order valence-electron chi connectivity index (χ0n) is 21.4. The van der Waals surface area contributed by atoms with Crippen LogP contribution in [0.2, 0.25) is 0 Å². The van der Waals surface area contributed by atoms with Crippen LogP contribution < -0.4 is 9.47 Å². The minimum absolute atomic E-state index is 0.240. The monoisotopic (exact) mass is 496 g/mol. The molecule has 2 aromatic heterocycles. The summed E-state index contributed by atoms with van der Waals surface area (Å²) in [5.41, 5.74) is 1.87. The van der Waals surface area contributed by atoms with Crippen LogP contribution in [-0.2, 0) is 16.1 Å². The molecular formula is C27H32N2O7. The fourth-order valence-corrected chi connectivity index (χ4v) is 3.56. The molecule has 0 atom stereocenters. The average molecular weight is 497 g/mol. The molecule has 36 heavy (non-hydrogen) atoms. The second kappa shape index (κ2) is 11.2. The fourth-order valence-electron chi connectivity index (χ4n) is 3.56. The first-order valence-electron chi connectivity index (χ1n) is 11.5. The van der Waals surface area contributed by atoms with E-state index in [4.69, 9.17) is 18.9 Å². The molecule has 0 amide bonds. The topological polar surface area (TPSA) is 112 Å². The number of hydrogen-bond donors (Lipinski definition) is 2. The molecule has 0 aliphatic heterocycles. The highest BCUT2D eigenvalue weighted by Gasteiger charge is 2.22. The van der Waals surface area contributed by atoms with Crippen LogP contribution in [0.25, 0.3) is 21.8 Å². The second-order valence-corrected chi connectivity index (χ2v) is 8.89. The number of hydrogen-bond acceptors (Lipinski definition) is 7. The number of benzene rings is 2. The molecular weight excluding hydrogens is 464 g/mol. The third-order valence-electron chi connectivity index (χ3n) is 5.15. The van der Waals surface area contributed by atoms with E-state index in [0.29, 0.717) is 29.3 Å². The largest absolute Gasteiger partial charge is 0.497 e. The Morgan fingerprint density at radius 3 is 2.17 bits per heavy atom. The van der Waals surface area contributed by atoms with Crippen molar-refractivity contribution in [2.24, 2.45) is 0 Å². The number of nitrogens with zero attached hydrogens (tertiary/aromatic N) is 1. The second-order valence-electron chi connectivity index (χ2n) is 8.89. The SMILES string of the molecule is CCOC(=O)c1cc2ccc(OC)cc2[nH]1.COc1ccc2cc(CO)n(C(=O)OC(C)(C)C)c2c1. The van der Waals surface area contributed by atoms with Crippen LogP contribution in [0.5, 0.6) is 11.5 Å². The van der Waals surface area contributed by atoms with Gasteiger partial charge in [-0.05, 0) is 64.1 Å². The summed E-state index contributed by atoms with van der Waals surface area (Å²) in [6, 6.07) is 14.5. The quantitative estimate of drug-likeness (QED) is 0.362. The molecule has 0 fully saturated rings. The van der Waals surface area contributed by atoms with Crippen molar-refractivity contribution in [3.63, 3.8) is 0 Å². The number of esters is 1. The maximum Gasteiger partial charge on any atom is 0.419 e. The number of ether oxygens (including phenoxy) is 4. The third-order valence-corrected chi connectivity index (χ3v) is 5.15. The van der Waals surface area contributed by atoms with E-state index >= 15 is 0 Å². The van der Waals surface area contributed by atoms with Gasteiger partial charge in [0.25, 0.3) is 0 Å². The van der Waals surface area contributed by atoms with Gasteiger partial charge in [-0.1, -0.05) is 0 Å². The van der Waals surface area contributed by atoms with Crippen LogP contribution in [0, 0.1) is 0 Å². The van der Waals surface area contributed by atoms with Gasteiger partial charge in [-0.2, -0.15) is 0 Å². The van der Waals surface area contributed by atoms with E-state index in [2.05, 4.69) is 4.98 Å². The van der Waals surface area contributed by atoms with E-state index in [-0.39, 0.29) is 12.6 Å². The van der Waals surface area contributed by atoms with Crippen LogP contribution in [-0.4, -0.2) is 53.1 Å². The first-order chi connectivity index (χ1) is 17.1. The summed E-state index contributed by atoms with van der Waals surface area (Å²) < 4.78 is 21.9. The van der Waals surface area contributed by atoms with Gasteiger partial charge in [0, 0.05) is 28.4 Å². The summed E-state index contributed by atoms with van der Waals surface area (Å²) in [7, 11) is 3.17. The van der Waals surface area contributed by atoms with Gasteiger partial charge in [0.1, 0.15) is 22.8 Å². The van der Waals surface area contributed by atoms with Crippen molar-refractivity contribution in [2.75, 3.05) is 20.8 Å². The van der Waals surface area contributed by atoms with E-state index in [9.17, 15) is 14.7 Å². The highest BCUT2D eigenvalue weighted by Crippen LogP contribution is 2.26. The smallest absolute Gasteiger partial charge is 0.419 e. The molecule has 2 heterocycles. The van der Waals surface area contributed by atoms with Crippen LogP contribution >= 0.6 is 0 Å². The number of fused-ring (bicyclic) bond motifs is 2. The molecule has 0 spiro atoms. The number of aromatic amines is 1. The standard InChI is InChI=1S/C15H19NO4.C12H13NO3/c1-15(2,3)20-14(18)16-11(9-17)7-10-5-6-12(19-4)8-13(10)16;1-3-16-12(14)11-6-8-4-5-9(15-2)7-10(8)13-11/h5-8,17H,9H2,1-4H3;4-7,13H,3H2,1-2H3. The molecule has 0 aliphatic rings. The number of H-pyrrole nitrogens is 1. The molecule has 2 aromatic carbocycles. The fraction of sp³-hybridized carbons (Fsp3) is 0.333. The summed E-state index contributed by atoms with van der Waals surface area (Å²) in [5, 5.41) is 11.2. The van der Waals surface area contributed by atoms with Gasteiger partial charge < -0.3 is 29.0 Å². The summed E-state index contributed by atoms with van der Waals surface area (Å²) >= 11 is 0. The maximum absolute atomic E-state index is 12.3. The Labute approximate surface area is 209 Å². The van der Waals surface area contributed by atoms with Crippen molar-refractivity contribution in [3.8, 4) is 11.5 Å². The van der Waals surface area contributed by atoms with Crippen LogP contribution in [0.3, 0.4) is 0 Å². The lowest BCUT2D eigenvalue weighted by molar-refractivity contribution is 0.0515. The molecule has 9 heteroatoms. The molecule has 192 valence electrons. The summed E-state index contributed by atoms with van der Waals surface area (Å²) in [6.07, 6.45) is -0.509. The number of carbonyl (C=O) groups excluding carboxylic acids is 2. The third kappa shape index (κ3) is 6.17. The lowest BCUT2D eigenvalue weighted by Gasteiger charge is -2.20. The van der Waals surface area contributed by atoms with E-state index < -0.39 is 11.7 Å². The Morgan fingerprint density at radius 1 is 0.944 bits per heavy atom. The van der Waals surface area contributed by atoms with Crippen molar-refractivity contribution in [2.45, 2.75) is 39.9 Å². The summed E-state index contributed by atoms with van der Waals surface area (Å²) in [4.78, 5) is 26.8. The lowest BCUT2D eigenvalue weighted by Crippen LogP contribution is -2.28. The van der Waals surface area contributed by atoms with E-state index in [1.165, 1.54) is 4.57 Å². The van der Waals surface area contributed by atoms with Crippen LogP contribution in [0.1, 0.15) is 43.9 Å². The first kappa shape index (κ1) is 26.6. The predicted octanol–water partition coefficient (Wildman–Crippen LogP) is 5.28. The van der Waals surface area contributed by atoms with Gasteiger partial charge in [-0.15, -0.1) is 0 Å². The zero-order chi connectivity index (χ0) is 26.5. The molecule has 0 saturated carbocycles. The molecule has 2 N–H and O–H groups in total. The van der Waals surface area contributed by atoms with E-state index in [1.807, 2.05) is 30.3 Å². The molecule has 4 rings (SSSR count). The molecule has 0 saturated heterocycles. The first-order valence-corrected chi connectivity index (χ1v) is 11.5. The highest BCUT2D eigenvalue weighted by atomic mass is 16.6. The van der Waals surface area contributed by atoms with Crippen molar-refractivity contribution in [3.05, 3.63) is 59.9 Å². The minimum atomic E-state index is -0.598. The number of rotatable bonds is 5.